The van der Waals surface area contributed by atoms with Gasteiger partial charge in [-0.15, -0.1) is 0 Å². The number of nitrogens with zero attached hydrogens (tertiary/aromatic N) is 1. The van der Waals surface area contributed by atoms with E-state index in [2.05, 4.69) is 12.1 Å². The van der Waals surface area contributed by atoms with Crippen molar-refractivity contribution in [3.63, 3.8) is 0 Å². The number of para-hydroxylation sites is 2. The van der Waals surface area contributed by atoms with E-state index in [1.165, 1.54) is 5.56 Å². The Balaban J connectivity index is 1.78. The highest BCUT2D eigenvalue weighted by molar-refractivity contribution is 5.39. The smallest absolute Gasteiger partial charge is 0.161 e. The van der Waals surface area contributed by atoms with Gasteiger partial charge in [-0.1, -0.05) is 42.5 Å². The van der Waals surface area contributed by atoms with Crippen LogP contribution in [0.15, 0.2) is 54.6 Å². The fraction of sp³-hybridized carbons (Fsp3) is 0.250. The van der Waals surface area contributed by atoms with Crippen LogP contribution in [0.1, 0.15) is 5.56 Å². The summed E-state index contributed by atoms with van der Waals surface area (Å²) in [5, 5.41) is 1.74. The molecule has 2 rings (SSSR count). The van der Waals surface area contributed by atoms with E-state index in [4.69, 9.17) is 15.3 Å². The minimum Gasteiger partial charge on any atom is -0.493 e. The lowest BCUT2D eigenvalue weighted by Crippen LogP contribution is -2.34. The third-order valence-electron chi connectivity index (χ3n) is 2.93. The van der Waals surface area contributed by atoms with Crippen LogP contribution < -0.4 is 15.3 Å². The number of hydrogen-bond donors (Lipinski definition) is 1. The first-order valence-electron chi connectivity index (χ1n) is 6.59. The lowest BCUT2D eigenvalue weighted by Gasteiger charge is -2.17. The largest absolute Gasteiger partial charge is 0.493 e. The van der Waals surface area contributed by atoms with Crippen molar-refractivity contribution in [2.24, 2.45) is 5.84 Å². The molecule has 0 saturated heterocycles. The van der Waals surface area contributed by atoms with Gasteiger partial charge in [0.15, 0.2) is 11.5 Å². The maximum atomic E-state index is 5.96. The molecule has 0 amide bonds. The number of hydrazine groups is 1. The molecule has 106 valence electrons. The van der Waals surface area contributed by atoms with Crippen molar-refractivity contribution in [1.82, 2.24) is 5.01 Å². The lowest BCUT2D eigenvalue weighted by molar-refractivity contribution is 0.202. The Morgan fingerprint density at radius 2 is 1.60 bits per heavy atom. The highest BCUT2D eigenvalue weighted by Crippen LogP contribution is 2.25. The Kier molecular flexibility index (Phi) is 5.41. The molecule has 0 bridgehead atoms. The SMILES string of the molecule is COc1ccccc1OCCN(N)Cc1ccccc1. The van der Waals surface area contributed by atoms with E-state index in [0.717, 1.165) is 11.5 Å². The van der Waals surface area contributed by atoms with Crippen molar-refractivity contribution in [3.05, 3.63) is 60.2 Å². The van der Waals surface area contributed by atoms with Crippen molar-refractivity contribution in [3.8, 4) is 11.5 Å². The maximum absolute atomic E-state index is 5.96. The average Bonchev–Trinajstić information content (AvgIpc) is 2.49. The zero-order valence-corrected chi connectivity index (χ0v) is 11.7. The normalized spacial score (nSPS) is 10.6. The Bertz CT molecular complexity index is 517. The van der Waals surface area contributed by atoms with E-state index < -0.39 is 0 Å². The van der Waals surface area contributed by atoms with Crippen LogP contribution in [-0.4, -0.2) is 25.3 Å². The van der Waals surface area contributed by atoms with Gasteiger partial charge < -0.3 is 9.47 Å². The third-order valence-corrected chi connectivity index (χ3v) is 2.93. The molecule has 0 saturated carbocycles. The van der Waals surface area contributed by atoms with Gasteiger partial charge in [-0.3, -0.25) is 5.84 Å². The summed E-state index contributed by atoms with van der Waals surface area (Å²) in [6.45, 7) is 1.87. The summed E-state index contributed by atoms with van der Waals surface area (Å²) in [7, 11) is 1.63. The van der Waals surface area contributed by atoms with Crippen LogP contribution in [0.4, 0.5) is 0 Å². The average molecular weight is 272 g/mol. The molecule has 2 aromatic carbocycles. The molecule has 4 heteroatoms. The maximum Gasteiger partial charge on any atom is 0.161 e. The molecule has 0 unspecified atom stereocenters. The zero-order chi connectivity index (χ0) is 14.2. The van der Waals surface area contributed by atoms with Crippen LogP contribution in [0.5, 0.6) is 11.5 Å². The van der Waals surface area contributed by atoms with E-state index in [-0.39, 0.29) is 0 Å². The second-order valence-corrected chi connectivity index (χ2v) is 4.46. The number of methoxy groups -OCH3 is 1. The molecule has 0 spiro atoms. The molecule has 2 aromatic rings. The number of rotatable bonds is 7. The molecule has 0 aliphatic carbocycles. The molecule has 0 radical (unpaired) electrons. The molecule has 0 aromatic heterocycles. The van der Waals surface area contributed by atoms with Gasteiger partial charge in [0.1, 0.15) is 6.61 Å². The van der Waals surface area contributed by atoms with E-state index in [9.17, 15) is 0 Å². The minimum absolute atomic E-state index is 0.518. The van der Waals surface area contributed by atoms with Gasteiger partial charge >= 0.3 is 0 Å². The Morgan fingerprint density at radius 1 is 0.950 bits per heavy atom. The highest BCUT2D eigenvalue weighted by Gasteiger charge is 2.04. The predicted octanol–water partition coefficient (Wildman–Crippen LogP) is 2.45. The fourth-order valence-electron chi connectivity index (χ4n) is 1.91. The van der Waals surface area contributed by atoms with Gasteiger partial charge in [0, 0.05) is 13.1 Å². The van der Waals surface area contributed by atoms with E-state index >= 15 is 0 Å². The summed E-state index contributed by atoms with van der Waals surface area (Å²) in [4.78, 5) is 0. The minimum atomic E-state index is 0.518. The molecule has 4 nitrogen and oxygen atoms in total. The van der Waals surface area contributed by atoms with E-state index in [0.29, 0.717) is 19.7 Å². The first kappa shape index (κ1) is 14.4. The first-order valence-corrected chi connectivity index (χ1v) is 6.59. The molecule has 20 heavy (non-hydrogen) atoms. The summed E-state index contributed by atoms with van der Waals surface area (Å²) in [5.41, 5.74) is 1.19. The second-order valence-electron chi connectivity index (χ2n) is 4.46. The monoisotopic (exact) mass is 272 g/mol. The molecule has 2 N–H and O–H groups in total. The van der Waals surface area contributed by atoms with Crippen molar-refractivity contribution in [2.45, 2.75) is 6.54 Å². The van der Waals surface area contributed by atoms with Crippen LogP contribution in [0, 0.1) is 0 Å². The molecule has 0 aliphatic rings. The zero-order valence-electron chi connectivity index (χ0n) is 11.7. The molecule has 0 fully saturated rings. The van der Waals surface area contributed by atoms with Crippen LogP contribution in [0.3, 0.4) is 0 Å². The second kappa shape index (κ2) is 7.53. The number of benzene rings is 2. The number of hydrogen-bond acceptors (Lipinski definition) is 4. The first-order chi connectivity index (χ1) is 9.79. The molecular weight excluding hydrogens is 252 g/mol. The summed E-state index contributed by atoms with van der Waals surface area (Å²) >= 11 is 0. The van der Waals surface area contributed by atoms with Gasteiger partial charge in [-0.05, 0) is 17.7 Å². The summed E-state index contributed by atoms with van der Waals surface area (Å²) in [5.74, 6) is 7.44. The Hall–Kier alpha value is -2.04. The Morgan fingerprint density at radius 3 is 2.30 bits per heavy atom. The van der Waals surface area contributed by atoms with Gasteiger partial charge in [0.2, 0.25) is 0 Å². The van der Waals surface area contributed by atoms with Crippen molar-refractivity contribution in [1.29, 1.82) is 0 Å². The van der Waals surface area contributed by atoms with E-state index in [1.807, 2.05) is 42.5 Å². The van der Waals surface area contributed by atoms with Crippen molar-refractivity contribution < 1.29 is 9.47 Å². The van der Waals surface area contributed by atoms with E-state index in [1.54, 1.807) is 12.1 Å². The van der Waals surface area contributed by atoms with Crippen LogP contribution >= 0.6 is 0 Å². The van der Waals surface area contributed by atoms with Crippen LogP contribution in [0.2, 0.25) is 0 Å². The number of ether oxygens (including phenoxy) is 2. The molecule has 0 aliphatic heterocycles. The molecular formula is C16H20N2O2. The van der Waals surface area contributed by atoms with Crippen LogP contribution in [-0.2, 0) is 6.54 Å². The third kappa shape index (κ3) is 4.26. The van der Waals surface area contributed by atoms with Crippen molar-refractivity contribution in [2.75, 3.05) is 20.3 Å². The highest BCUT2D eigenvalue weighted by atomic mass is 16.5. The fourth-order valence-corrected chi connectivity index (χ4v) is 1.91. The summed E-state index contributed by atoms with van der Waals surface area (Å²) in [6.07, 6.45) is 0. The topological polar surface area (TPSA) is 47.7 Å². The quantitative estimate of drug-likeness (QED) is 0.621. The Labute approximate surface area is 119 Å². The molecule has 0 heterocycles. The number of nitrogens with two attached hydrogens (primary N) is 1. The van der Waals surface area contributed by atoms with Gasteiger partial charge in [0.05, 0.1) is 7.11 Å². The summed E-state index contributed by atoms with van der Waals surface area (Å²) in [6, 6.07) is 17.7. The van der Waals surface area contributed by atoms with Gasteiger partial charge in [0.25, 0.3) is 0 Å². The van der Waals surface area contributed by atoms with Crippen LogP contribution in [0.25, 0.3) is 0 Å². The predicted molar refractivity (Wildman–Crippen MR) is 79.5 cm³/mol. The lowest BCUT2D eigenvalue weighted by atomic mass is 10.2. The van der Waals surface area contributed by atoms with Crippen molar-refractivity contribution >= 4 is 0 Å². The standard InChI is InChI=1S/C16H20N2O2/c1-19-15-9-5-6-10-16(15)20-12-11-18(17)13-14-7-3-2-4-8-14/h2-10H,11-13,17H2,1H3. The molecule has 0 atom stereocenters. The summed E-state index contributed by atoms with van der Waals surface area (Å²) < 4.78 is 10.9. The van der Waals surface area contributed by atoms with Gasteiger partial charge in [-0.2, -0.15) is 0 Å². The van der Waals surface area contributed by atoms with Gasteiger partial charge in [-0.25, -0.2) is 5.01 Å².